The van der Waals surface area contributed by atoms with Crippen LogP contribution in [0, 0.1) is 5.41 Å². The lowest BCUT2D eigenvalue weighted by molar-refractivity contribution is -0.140. The maximum Gasteiger partial charge on any atom is 0.236 e. The van der Waals surface area contributed by atoms with E-state index in [1.165, 1.54) is 0 Å². The summed E-state index contributed by atoms with van der Waals surface area (Å²) < 4.78 is 0. The van der Waals surface area contributed by atoms with Crippen molar-refractivity contribution in [2.24, 2.45) is 16.3 Å². The van der Waals surface area contributed by atoms with Crippen LogP contribution in [0.2, 0.25) is 0 Å². The fourth-order valence-corrected chi connectivity index (χ4v) is 3.87. The minimum atomic E-state index is -0.798. The van der Waals surface area contributed by atoms with Gasteiger partial charge in [-0.05, 0) is 25.5 Å². The summed E-state index contributed by atoms with van der Waals surface area (Å²) in [4.78, 5) is 14.7. The number of oxime groups is 1. The predicted octanol–water partition coefficient (Wildman–Crippen LogP) is 2.28. The number of amides is 1. The second-order valence-corrected chi connectivity index (χ2v) is 6.47. The number of carbonyl (C=O) groups is 1. The molecule has 3 N–H and O–H groups in total. The maximum atomic E-state index is 12.9. The Labute approximate surface area is 126 Å². The van der Waals surface area contributed by atoms with Crippen LogP contribution in [-0.2, 0) is 4.79 Å². The summed E-state index contributed by atoms with van der Waals surface area (Å²) >= 11 is 1.74. The molecule has 0 bridgehead atoms. The minimum absolute atomic E-state index is 0.00778. The van der Waals surface area contributed by atoms with Gasteiger partial charge >= 0.3 is 0 Å². The van der Waals surface area contributed by atoms with E-state index in [4.69, 9.17) is 10.9 Å². The quantitative estimate of drug-likeness (QED) is 0.341. The molecule has 0 saturated heterocycles. The Balaban J connectivity index is 2.98. The maximum absolute atomic E-state index is 12.9. The molecule has 116 valence electrons. The van der Waals surface area contributed by atoms with Gasteiger partial charge in [-0.25, -0.2) is 0 Å². The van der Waals surface area contributed by atoms with Gasteiger partial charge in [-0.1, -0.05) is 31.3 Å². The van der Waals surface area contributed by atoms with E-state index in [1.807, 2.05) is 13.3 Å². The number of rotatable bonds is 6. The first-order valence-corrected chi connectivity index (χ1v) is 8.67. The molecule has 20 heavy (non-hydrogen) atoms. The number of nitrogens with zero attached hydrogens (tertiary/aromatic N) is 2. The van der Waals surface area contributed by atoms with Gasteiger partial charge in [0.05, 0.1) is 0 Å². The fraction of sp³-hybridized carbons (Fsp3) is 0.857. The Morgan fingerprint density at radius 2 is 2.05 bits per heavy atom. The largest absolute Gasteiger partial charge is 0.409 e. The Kier molecular flexibility index (Phi) is 6.65. The van der Waals surface area contributed by atoms with Crippen LogP contribution in [-0.4, -0.2) is 46.9 Å². The molecule has 1 aliphatic rings. The third-order valence-electron chi connectivity index (χ3n) is 4.41. The molecule has 1 rings (SSSR count). The van der Waals surface area contributed by atoms with Crippen LogP contribution < -0.4 is 5.73 Å². The van der Waals surface area contributed by atoms with Gasteiger partial charge in [0.2, 0.25) is 5.91 Å². The Bertz CT molecular complexity index is 354. The smallest absolute Gasteiger partial charge is 0.236 e. The normalized spacial score (nSPS) is 20.4. The van der Waals surface area contributed by atoms with Crippen LogP contribution in [0.15, 0.2) is 5.16 Å². The first-order valence-electron chi connectivity index (χ1n) is 7.27. The number of thioether (sulfide) groups is 1. The molecule has 0 aliphatic heterocycles. The Morgan fingerprint density at radius 1 is 1.45 bits per heavy atom. The monoisotopic (exact) mass is 301 g/mol. The zero-order chi connectivity index (χ0) is 15.2. The van der Waals surface area contributed by atoms with Crippen LogP contribution in [0.3, 0.4) is 0 Å². The first kappa shape index (κ1) is 17.1. The highest BCUT2D eigenvalue weighted by Crippen LogP contribution is 2.38. The summed E-state index contributed by atoms with van der Waals surface area (Å²) in [6, 6.07) is 0.197. The predicted molar refractivity (Wildman–Crippen MR) is 84.2 cm³/mol. The summed E-state index contributed by atoms with van der Waals surface area (Å²) in [6.45, 7) is 2.09. The molecule has 0 aromatic rings. The zero-order valence-electron chi connectivity index (χ0n) is 12.8. The van der Waals surface area contributed by atoms with E-state index < -0.39 is 5.41 Å². The molecule has 1 amide bonds. The van der Waals surface area contributed by atoms with Gasteiger partial charge in [0.1, 0.15) is 5.41 Å². The fourth-order valence-electron chi connectivity index (χ4n) is 3.03. The summed E-state index contributed by atoms with van der Waals surface area (Å²) in [6.07, 6.45) is 7.34. The molecule has 0 aromatic heterocycles. The van der Waals surface area contributed by atoms with Crippen molar-refractivity contribution >= 4 is 23.5 Å². The van der Waals surface area contributed by atoms with Gasteiger partial charge in [-0.2, -0.15) is 11.8 Å². The van der Waals surface area contributed by atoms with Crippen molar-refractivity contribution in [2.45, 2.75) is 51.5 Å². The Hall–Kier alpha value is -0.910. The number of carbonyl (C=O) groups excluding carboxylic acids is 1. The van der Waals surface area contributed by atoms with E-state index in [-0.39, 0.29) is 17.8 Å². The first-order chi connectivity index (χ1) is 9.53. The van der Waals surface area contributed by atoms with Gasteiger partial charge in [-0.3, -0.25) is 4.79 Å². The third kappa shape index (κ3) is 3.40. The average Bonchev–Trinajstić information content (AvgIpc) is 2.50. The van der Waals surface area contributed by atoms with Crippen LogP contribution in [0.1, 0.15) is 45.4 Å². The van der Waals surface area contributed by atoms with Gasteiger partial charge in [-0.15, -0.1) is 0 Å². The Morgan fingerprint density at radius 3 is 2.50 bits per heavy atom. The molecule has 5 nitrogen and oxygen atoms in total. The lowest BCUT2D eigenvalue weighted by Gasteiger charge is -2.40. The molecule has 0 radical (unpaired) electrons. The number of amidine groups is 1. The second kappa shape index (κ2) is 7.76. The summed E-state index contributed by atoms with van der Waals surface area (Å²) in [7, 11) is 1.84. The van der Waals surface area contributed by atoms with Crippen molar-refractivity contribution in [2.75, 3.05) is 19.1 Å². The average molecular weight is 301 g/mol. The molecule has 6 heteroatoms. The van der Waals surface area contributed by atoms with E-state index in [0.29, 0.717) is 12.8 Å². The van der Waals surface area contributed by atoms with Crippen molar-refractivity contribution in [1.82, 2.24) is 4.90 Å². The van der Waals surface area contributed by atoms with Crippen molar-refractivity contribution in [3.63, 3.8) is 0 Å². The molecule has 1 aliphatic carbocycles. The second-order valence-electron chi connectivity index (χ2n) is 5.56. The summed E-state index contributed by atoms with van der Waals surface area (Å²) in [5, 5.41) is 12.2. The molecule has 1 fully saturated rings. The number of nitrogens with two attached hydrogens (primary N) is 1. The van der Waals surface area contributed by atoms with E-state index in [1.54, 1.807) is 16.7 Å². The molecule has 1 saturated carbocycles. The highest BCUT2D eigenvalue weighted by atomic mass is 32.2. The molecule has 1 unspecified atom stereocenters. The topological polar surface area (TPSA) is 78.9 Å². The van der Waals surface area contributed by atoms with Gasteiger partial charge < -0.3 is 15.8 Å². The highest BCUT2D eigenvalue weighted by Gasteiger charge is 2.46. The molecule has 1 atom stereocenters. The standard InChI is InChI=1S/C14H27N3O2S/c1-4-11(10-20-3)17(2)13(18)14(12(15)16-19)8-6-5-7-9-14/h11,19H,4-10H2,1-3H3,(H2,15,16). The van der Waals surface area contributed by atoms with Gasteiger partial charge in [0.25, 0.3) is 0 Å². The van der Waals surface area contributed by atoms with Crippen molar-refractivity contribution in [1.29, 1.82) is 0 Å². The van der Waals surface area contributed by atoms with Crippen LogP contribution in [0.25, 0.3) is 0 Å². The van der Waals surface area contributed by atoms with Gasteiger partial charge in [0.15, 0.2) is 5.84 Å². The lowest BCUT2D eigenvalue weighted by atomic mass is 9.72. The van der Waals surface area contributed by atoms with Crippen LogP contribution >= 0.6 is 11.8 Å². The van der Waals surface area contributed by atoms with Crippen LogP contribution in [0.4, 0.5) is 0 Å². The van der Waals surface area contributed by atoms with E-state index in [2.05, 4.69) is 12.1 Å². The molecule has 0 heterocycles. The molecule has 0 aromatic carbocycles. The molecule has 0 spiro atoms. The minimum Gasteiger partial charge on any atom is -0.409 e. The lowest BCUT2D eigenvalue weighted by Crippen LogP contribution is -2.54. The number of hydrogen-bond donors (Lipinski definition) is 2. The highest BCUT2D eigenvalue weighted by molar-refractivity contribution is 7.98. The van der Waals surface area contributed by atoms with Crippen molar-refractivity contribution < 1.29 is 10.0 Å². The summed E-state index contributed by atoms with van der Waals surface area (Å²) in [5.41, 5.74) is 5.09. The third-order valence-corrected chi connectivity index (χ3v) is 5.13. The molecular weight excluding hydrogens is 274 g/mol. The SMILES string of the molecule is CCC(CSC)N(C)C(=O)C1(C(N)=NO)CCCCC1. The van der Waals surface area contributed by atoms with E-state index in [9.17, 15) is 4.79 Å². The van der Waals surface area contributed by atoms with E-state index in [0.717, 1.165) is 31.4 Å². The zero-order valence-corrected chi connectivity index (χ0v) is 13.6. The van der Waals surface area contributed by atoms with Crippen LogP contribution in [0.5, 0.6) is 0 Å². The van der Waals surface area contributed by atoms with E-state index >= 15 is 0 Å². The summed E-state index contributed by atoms with van der Waals surface area (Å²) in [5.74, 6) is 0.992. The number of hydrogen-bond acceptors (Lipinski definition) is 4. The van der Waals surface area contributed by atoms with Crippen molar-refractivity contribution in [3.05, 3.63) is 0 Å². The molecular formula is C14H27N3O2S. The van der Waals surface area contributed by atoms with Crippen molar-refractivity contribution in [3.8, 4) is 0 Å². The van der Waals surface area contributed by atoms with Gasteiger partial charge in [0, 0.05) is 18.8 Å².